The van der Waals surface area contributed by atoms with Gasteiger partial charge >= 0.3 is 182 Å². The number of rotatable bonds is 2. The topological polar surface area (TPSA) is 65.4 Å². The predicted molar refractivity (Wildman–Crippen MR) is 125 cm³/mol. The van der Waals surface area contributed by atoms with Crippen LogP contribution in [0.3, 0.4) is 0 Å². The van der Waals surface area contributed by atoms with Gasteiger partial charge in [0.25, 0.3) is 0 Å². The van der Waals surface area contributed by atoms with Crippen LogP contribution in [0, 0.1) is 0 Å². The number of nitrogens with zero attached hydrogens (tertiary/aromatic N) is 2. The summed E-state index contributed by atoms with van der Waals surface area (Å²) in [5.41, 5.74) is 1.62. The van der Waals surface area contributed by atoms with Crippen molar-refractivity contribution in [2.45, 2.75) is 44.8 Å². The summed E-state index contributed by atoms with van der Waals surface area (Å²) in [7, 11) is 0. The number of carbonyl (C=O) groups is 1. The number of allylic oxidation sites excluding steroid dienone is 5. The Morgan fingerprint density at radius 3 is 3.03 bits per heavy atom. The molecule has 0 saturated carbocycles. The molecule has 2 aromatic rings. The summed E-state index contributed by atoms with van der Waals surface area (Å²) in [6.07, 6.45) is 20.6. The zero-order valence-corrected chi connectivity index (χ0v) is 21.5. The standard InChI is InChI=1S/C26H29N3O3.W/c30-26-24-19-22(32-23-13-18-31-20-23)12-11-21(24)9-5-2-1-3-8-16-29-17-15-27-25(29)10-6-4-7-14-28-26;/h2,4-7,11-12,14-15,17,19,23H,1,3,8-9,13,16,18,20H2,(H,28,30);. The number of benzene rings is 1. The molecule has 1 amide bonds. The number of amides is 1. The van der Waals surface area contributed by atoms with Gasteiger partial charge in [-0.05, 0) is 0 Å². The number of hydrogen-bond donors (Lipinski definition) is 1. The Kier molecular flexibility index (Phi) is 8.62. The molecule has 4 rings (SSSR count). The molecule has 1 fully saturated rings. The number of fused-ring (bicyclic) bond motifs is 2. The SMILES string of the molecule is O=C1NC=CC=C[C](=[W])c2nccn2CCCCC=CCc2ccc(OC3CCOC3)cc21. The second kappa shape index (κ2) is 12.1. The van der Waals surface area contributed by atoms with Gasteiger partial charge in [0, 0.05) is 6.42 Å². The molecule has 1 atom stereocenters. The van der Waals surface area contributed by atoms with Crippen molar-refractivity contribution < 1.29 is 33.6 Å². The fourth-order valence-corrected chi connectivity index (χ4v) is 4.77. The van der Waals surface area contributed by atoms with Crippen LogP contribution in [0.2, 0.25) is 0 Å². The van der Waals surface area contributed by atoms with Crippen molar-refractivity contribution in [3.05, 3.63) is 84.1 Å². The number of hydrogen-bond acceptors (Lipinski definition) is 4. The van der Waals surface area contributed by atoms with Crippen LogP contribution in [0.5, 0.6) is 5.75 Å². The molecule has 33 heavy (non-hydrogen) atoms. The molecule has 1 unspecified atom stereocenters. The van der Waals surface area contributed by atoms with E-state index in [2.05, 4.69) is 27.0 Å². The summed E-state index contributed by atoms with van der Waals surface area (Å²) in [6.45, 7) is 2.29. The zero-order valence-electron chi connectivity index (χ0n) is 18.6. The first-order chi connectivity index (χ1) is 16.2. The van der Waals surface area contributed by atoms with Gasteiger partial charge in [-0.1, -0.05) is 0 Å². The van der Waals surface area contributed by atoms with Gasteiger partial charge in [-0.3, -0.25) is 0 Å². The first-order valence-electron chi connectivity index (χ1n) is 11.4. The summed E-state index contributed by atoms with van der Waals surface area (Å²) < 4.78 is 14.8. The van der Waals surface area contributed by atoms with E-state index in [9.17, 15) is 4.79 Å². The maximum absolute atomic E-state index is 13.0. The van der Waals surface area contributed by atoms with Crippen LogP contribution in [0.1, 0.15) is 47.4 Å². The van der Waals surface area contributed by atoms with E-state index in [1.165, 1.54) is 23.3 Å². The van der Waals surface area contributed by atoms with Gasteiger partial charge in [0.1, 0.15) is 0 Å². The molecule has 1 aromatic heterocycles. The van der Waals surface area contributed by atoms with Crippen LogP contribution in [0.4, 0.5) is 0 Å². The number of ether oxygens (including phenoxy) is 2. The van der Waals surface area contributed by atoms with E-state index >= 15 is 0 Å². The number of carbonyl (C=O) groups excluding carboxylic acids is 1. The Hall–Kier alpha value is -2.56. The van der Waals surface area contributed by atoms with E-state index in [-0.39, 0.29) is 12.0 Å². The van der Waals surface area contributed by atoms with Gasteiger partial charge in [-0.25, -0.2) is 0 Å². The molecular weight excluding hydrogens is 586 g/mol. The molecule has 0 bridgehead atoms. The van der Waals surface area contributed by atoms with Crippen molar-refractivity contribution in [3.63, 3.8) is 0 Å². The summed E-state index contributed by atoms with van der Waals surface area (Å²) >= 11 is 1.36. The number of nitrogens with one attached hydrogen (secondary N) is 1. The molecule has 0 spiro atoms. The van der Waals surface area contributed by atoms with E-state index in [0.29, 0.717) is 24.3 Å². The van der Waals surface area contributed by atoms with Crippen LogP contribution in [0.25, 0.3) is 0 Å². The van der Waals surface area contributed by atoms with Crippen LogP contribution in [0.15, 0.2) is 67.2 Å². The van der Waals surface area contributed by atoms with Crippen molar-refractivity contribution >= 4 is 9.81 Å². The second-order valence-electron chi connectivity index (χ2n) is 8.09. The van der Waals surface area contributed by atoms with Crippen LogP contribution in [-0.4, -0.2) is 38.7 Å². The number of imidazole rings is 1. The van der Waals surface area contributed by atoms with Crippen molar-refractivity contribution in [1.29, 1.82) is 0 Å². The Bertz CT molecular complexity index is 1060. The fraction of sp³-hybridized carbons (Fsp3) is 0.346. The fourth-order valence-electron chi connectivity index (χ4n) is 3.88. The molecule has 1 N–H and O–H groups in total. The van der Waals surface area contributed by atoms with E-state index in [4.69, 9.17) is 9.47 Å². The molecule has 6 nitrogen and oxygen atoms in total. The van der Waals surface area contributed by atoms with Crippen LogP contribution in [-0.2, 0) is 37.1 Å². The molecule has 0 aliphatic carbocycles. The third kappa shape index (κ3) is 6.72. The average molecular weight is 615 g/mol. The molecule has 2 aliphatic heterocycles. The maximum atomic E-state index is 13.0. The van der Waals surface area contributed by atoms with Gasteiger partial charge < -0.3 is 4.74 Å². The van der Waals surface area contributed by atoms with E-state index in [1.807, 2.05) is 48.8 Å². The van der Waals surface area contributed by atoms with Gasteiger partial charge in [0.05, 0.1) is 13.2 Å². The minimum absolute atomic E-state index is 0.0486. The predicted octanol–water partition coefficient (Wildman–Crippen LogP) is 3.90. The summed E-state index contributed by atoms with van der Waals surface area (Å²) in [6, 6.07) is 5.79. The van der Waals surface area contributed by atoms with Crippen molar-refractivity contribution in [3.8, 4) is 5.75 Å². The first-order valence-corrected chi connectivity index (χ1v) is 12.9. The molecule has 1 aromatic carbocycles. The second-order valence-corrected chi connectivity index (χ2v) is 9.67. The molecule has 0 radical (unpaired) electrons. The Balaban J connectivity index is 1.52. The average Bonchev–Trinajstić information content (AvgIpc) is 3.50. The number of aromatic nitrogens is 2. The third-order valence-electron chi connectivity index (χ3n) is 5.65. The van der Waals surface area contributed by atoms with Gasteiger partial charge in [-0.2, -0.15) is 0 Å². The summed E-state index contributed by atoms with van der Waals surface area (Å²) in [5.74, 6) is 1.58. The number of aryl methyl sites for hydroxylation is 1. The zero-order chi connectivity index (χ0) is 22.9. The molecule has 2 aliphatic rings. The quantitative estimate of drug-likeness (QED) is 0.521. The van der Waals surface area contributed by atoms with Crippen molar-refractivity contribution in [2.75, 3.05) is 13.2 Å². The van der Waals surface area contributed by atoms with E-state index in [1.54, 1.807) is 6.20 Å². The summed E-state index contributed by atoms with van der Waals surface area (Å²) in [4.78, 5) is 17.5. The van der Waals surface area contributed by atoms with Gasteiger partial charge in [0.15, 0.2) is 0 Å². The molecule has 1 saturated heterocycles. The first kappa shape index (κ1) is 23.6. The van der Waals surface area contributed by atoms with Crippen molar-refractivity contribution in [1.82, 2.24) is 14.9 Å². The van der Waals surface area contributed by atoms with Gasteiger partial charge in [-0.15, -0.1) is 0 Å². The monoisotopic (exact) mass is 615 g/mol. The van der Waals surface area contributed by atoms with Gasteiger partial charge in [0.2, 0.25) is 0 Å². The summed E-state index contributed by atoms with van der Waals surface area (Å²) in [5, 5.41) is 2.89. The van der Waals surface area contributed by atoms with Crippen LogP contribution >= 0.6 is 0 Å². The van der Waals surface area contributed by atoms with E-state index < -0.39 is 0 Å². The Labute approximate surface area is 205 Å². The van der Waals surface area contributed by atoms with Crippen LogP contribution < -0.4 is 10.1 Å². The Morgan fingerprint density at radius 1 is 1.21 bits per heavy atom. The molecule has 3 heterocycles. The molecule has 172 valence electrons. The van der Waals surface area contributed by atoms with E-state index in [0.717, 1.165) is 50.2 Å². The Morgan fingerprint density at radius 2 is 2.15 bits per heavy atom. The normalized spacial score (nSPS) is 19.9. The molecular formula is C26H29N3O3W. The van der Waals surface area contributed by atoms with Crippen molar-refractivity contribution in [2.24, 2.45) is 0 Å². The minimum atomic E-state index is -0.140. The third-order valence-corrected chi connectivity index (χ3v) is 6.79. The molecule has 7 heteroatoms.